The lowest BCUT2D eigenvalue weighted by molar-refractivity contribution is 0.0937. The number of primary sulfonamides is 1. The van der Waals surface area contributed by atoms with E-state index >= 15 is 0 Å². The molecule has 1 fully saturated rings. The third kappa shape index (κ3) is 4.04. The Morgan fingerprint density at radius 2 is 2.15 bits per heavy atom. The van der Waals surface area contributed by atoms with Gasteiger partial charge in [0.25, 0.3) is 5.91 Å². The van der Waals surface area contributed by atoms with Gasteiger partial charge in [-0.25, -0.2) is 13.6 Å². The molecule has 1 aliphatic carbocycles. The summed E-state index contributed by atoms with van der Waals surface area (Å²) in [6, 6.07) is 4.45. The predicted octanol–water partition coefficient (Wildman–Crippen LogP) is 2.01. The summed E-state index contributed by atoms with van der Waals surface area (Å²) in [7, 11) is -3.85. The maximum atomic E-state index is 12.1. The number of nitrogens with two attached hydrogens (primary N) is 1. The van der Waals surface area contributed by atoms with Crippen LogP contribution in [0, 0.1) is 5.92 Å². The quantitative estimate of drug-likeness (QED) is 0.841. The Bertz CT molecular complexity index is 627. The number of halogens is 1. The summed E-state index contributed by atoms with van der Waals surface area (Å²) in [4.78, 5) is 12.0. The maximum Gasteiger partial charge on any atom is 0.251 e. The highest BCUT2D eigenvalue weighted by atomic mass is 79.9. The number of rotatable bonds is 5. The van der Waals surface area contributed by atoms with Crippen molar-refractivity contribution in [2.75, 3.05) is 0 Å². The van der Waals surface area contributed by atoms with Gasteiger partial charge in [0.15, 0.2) is 0 Å². The van der Waals surface area contributed by atoms with E-state index in [0.717, 1.165) is 12.3 Å². The molecule has 7 heteroatoms. The lowest BCUT2D eigenvalue weighted by atomic mass is 10.1. The van der Waals surface area contributed by atoms with Gasteiger partial charge in [0.05, 0.1) is 4.90 Å². The van der Waals surface area contributed by atoms with Gasteiger partial charge in [-0.15, -0.1) is 0 Å². The standard InChI is InChI=1S/C13H17BrN2O3S/c1-8(6-9-2-3-9)16-13(17)10-4-5-11(14)12(7-10)20(15,18)19/h4-5,7-9H,2-3,6H2,1H3,(H,16,17)(H2,15,18,19). The number of carbonyl (C=O) groups is 1. The molecular weight excluding hydrogens is 344 g/mol. The number of hydrogen-bond donors (Lipinski definition) is 2. The highest BCUT2D eigenvalue weighted by Gasteiger charge is 2.24. The molecule has 5 nitrogen and oxygen atoms in total. The summed E-state index contributed by atoms with van der Waals surface area (Å²) >= 11 is 3.12. The largest absolute Gasteiger partial charge is 0.350 e. The molecule has 0 aliphatic heterocycles. The molecule has 0 heterocycles. The molecular formula is C13H17BrN2O3S. The van der Waals surface area contributed by atoms with Crippen LogP contribution in [0.4, 0.5) is 0 Å². The van der Waals surface area contributed by atoms with Crippen molar-refractivity contribution in [3.63, 3.8) is 0 Å². The second-order valence-electron chi connectivity index (χ2n) is 5.24. The molecule has 0 bridgehead atoms. The van der Waals surface area contributed by atoms with Gasteiger partial charge in [-0.3, -0.25) is 4.79 Å². The number of nitrogens with one attached hydrogen (secondary N) is 1. The van der Waals surface area contributed by atoms with Crippen molar-refractivity contribution >= 4 is 31.9 Å². The van der Waals surface area contributed by atoms with Crippen molar-refractivity contribution in [2.24, 2.45) is 11.1 Å². The van der Waals surface area contributed by atoms with Crippen LogP contribution in [0.2, 0.25) is 0 Å². The van der Waals surface area contributed by atoms with E-state index in [1.807, 2.05) is 6.92 Å². The van der Waals surface area contributed by atoms with Crippen molar-refractivity contribution in [3.05, 3.63) is 28.2 Å². The van der Waals surface area contributed by atoms with Crippen molar-refractivity contribution in [2.45, 2.75) is 37.1 Å². The minimum absolute atomic E-state index is 0.0802. The summed E-state index contributed by atoms with van der Waals surface area (Å²) in [5, 5.41) is 7.99. The monoisotopic (exact) mass is 360 g/mol. The molecule has 1 aromatic rings. The smallest absolute Gasteiger partial charge is 0.251 e. The summed E-state index contributed by atoms with van der Waals surface area (Å²) in [5.41, 5.74) is 0.292. The molecule has 1 aliphatic rings. The molecule has 1 saturated carbocycles. The molecule has 0 aromatic heterocycles. The van der Waals surface area contributed by atoms with E-state index in [1.54, 1.807) is 6.07 Å². The van der Waals surface area contributed by atoms with Crippen LogP contribution in [0.1, 0.15) is 36.5 Å². The molecule has 0 saturated heterocycles. The van der Waals surface area contributed by atoms with Gasteiger partial charge in [0, 0.05) is 16.1 Å². The van der Waals surface area contributed by atoms with Gasteiger partial charge in [0.1, 0.15) is 0 Å². The number of benzene rings is 1. The lowest BCUT2D eigenvalue weighted by Crippen LogP contribution is -2.33. The summed E-state index contributed by atoms with van der Waals surface area (Å²) in [6.07, 6.45) is 3.42. The molecule has 20 heavy (non-hydrogen) atoms. The van der Waals surface area contributed by atoms with Crippen molar-refractivity contribution in [1.82, 2.24) is 5.32 Å². The first kappa shape index (κ1) is 15.5. The SMILES string of the molecule is CC(CC1CC1)NC(=O)c1ccc(Br)c(S(N)(=O)=O)c1. The molecule has 1 aromatic carbocycles. The molecule has 1 unspecified atom stereocenters. The number of sulfonamides is 1. The van der Waals surface area contributed by atoms with E-state index in [-0.39, 0.29) is 16.8 Å². The minimum atomic E-state index is -3.85. The number of carbonyl (C=O) groups excluding carboxylic acids is 1. The van der Waals surface area contributed by atoms with Crippen LogP contribution in [0.5, 0.6) is 0 Å². The molecule has 1 atom stereocenters. The minimum Gasteiger partial charge on any atom is -0.350 e. The third-order valence-corrected chi connectivity index (χ3v) is 5.17. The van der Waals surface area contributed by atoms with Crippen LogP contribution in [-0.2, 0) is 10.0 Å². The molecule has 110 valence electrons. The van der Waals surface area contributed by atoms with E-state index in [4.69, 9.17) is 5.14 Å². The predicted molar refractivity (Wildman–Crippen MR) is 79.8 cm³/mol. The average Bonchev–Trinajstić information content (AvgIpc) is 3.11. The van der Waals surface area contributed by atoms with E-state index in [9.17, 15) is 13.2 Å². The fraction of sp³-hybridized carbons (Fsp3) is 0.462. The van der Waals surface area contributed by atoms with Gasteiger partial charge in [-0.1, -0.05) is 12.8 Å². The topological polar surface area (TPSA) is 89.3 Å². The fourth-order valence-corrected chi connectivity index (χ4v) is 3.64. The van der Waals surface area contributed by atoms with E-state index in [2.05, 4.69) is 21.2 Å². The lowest BCUT2D eigenvalue weighted by Gasteiger charge is -2.14. The normalized spacial score (nSPS) is 16.8. The zero-order valence-electron chi connectivity index (χ0n) is 11.1. The van der Waals surface area contributed by atoms with Gasteiger partial charge < -0.3 is 5.32 Å². The second-order valence-corrected chi connectivity index (χ2v) is 7.63. The number of hydrogen-bond acceptors (Lipinski definition) is 3. The molecule has 2 rings (SSSR count). The Balaban J connectivity index is 2.13. The van der Waals surface area contributed by atoms with Crippen LogP contribution in [0.3, 0.4) is 0 Å². The zero-order valence-corrected chi connectivity index (χ0v) is 13.5. The Morgan fingerprint density at radius 3 is 2.70 bits per heavy atom. The first-order valence-corrected chi connectivity index (χ1v) is 8.74. The number of amides is 1. The average molecular weight is 361 g/mol. The second kappa shape index (κ2) is 5.83. The molecule has 0 radical (unpaired) electrons. The van der Waals surface area contributed by atoms with Crippen LogP contribution < -0.4 is 10.5 Å². The van der Waals surface area contributed by atoms with E-state index in [0.29, 0.717) is 10.0 Å². The van der Waals surface area contributed by atoms with Gasteiger partial charge in [0.2, 0.25) is 10.0 Å². The molecule has 0 spiro atoms. The van der Waals surface area contributed by atoms with Crippen molar-refractivity contribution in [3.8, 4) is 0 Å². The summed E-state index contributed by atoms with van der Waals surface area (Å²) in [6.45, 7) is 1.95. The maximum absolute atomic E-state index is 12.1. The third-order valence-electron chi connectivity index (χ3n) is 3.26. The van der Waals surface area contributed by atoms with E-state index < -0.39 is 10.0 Å². The first-order valence-electron chi connectivity index (χ1n) is 6.40. The molecule has 3 N–H and O–H groups in total. The Labute approximate surface area is 127 Å². The molecule has 1 amide bonds. The first-order chi connectivity index (χ1) is 9.27. The van der Waals surface area contributed by atoms with Crippen LogP contribution in [0.25, 0.3) is 0 Å². The van der Waals surface area contributed by atoms with Gasteiger partial charge in [-0.2, -0.15) is 0 Å². The highest BCUT2D eigenvalue weighted by Crippen LogP contribution is 2.33. The van der Waals surface area contributed by atoms with E-state index in [1.165, 1.54) is 25.0 Å². The van der Waals surface area contributed by atoms with Gasteiger partial charge >= 0.3 is 0 Å². The Morgan fingerprint density at radius 1 is 1.50 bits per heavy atom. The van der Waals surface area contributed by atoms with Crippen molar-refractivity contribution < 1.29 is 13.2 Å². The Kier molecular flexibility index (Phi) is 4.51. The van der Waals surface area contributed by atoms with Gasteiger partial charge in [-0.05, 0) is 53.4 Å². The summed E-state index contributed by atoms with van der Waals surface area (Å²) in [5.74, 6) is 0.436. The highest BCUT2D eigenvalue weighted by molar-refractivity contribution is 9.10. The zero-order chi connectivity index (χ0) is 14.9. The fourth-order valence-electron chi connectivity index (χ4n) is 2.08. The van der Waals surface area contributed by atoms with Crippen molar-refractivity contribution in [1.29, 1.82) is 0 Å². The van der Waals surface area contributed by atoms with Crippen LogP contribution in [0.15, 0.2) is 27.6 Å². The van der Waals surface area contributed by atoms with Crippen LogP contribution >= 0.6 is 15.9 Å². The summed E-state index contributed by atoms with van der Waals surface area (Å²) < 4.78 is 23.2. The van der Waals surface area contributed by atoms with Crippen LogP contribution in [-0.4, -0.2) is 20.4 Å². The Hall–Kier alpha value is -0.920.